The Kier molecular flexibility index (Phi) is 3.38. The molecule has 0 aliphatic carbocycles. The predicted octanol–water partition coefficient (Wildman–Crippen LogP) is 2.70. The fraction of sp³-hybridized carbons (Fsp3) is 0.154. The lowest BCUT2D eigenvalue weighted by Crippen LogP contribution is -2.00. The second-order valence-electron chi connectivity index (χ2n) is 3.42. The van der Waals surface area contributed by atoms with Crippen molar-refractivity contribution < 1.29 is 4.74 Å². The molecule has 3 heteroatoms. The van der Waals surface area contributed by atoms with Gasteiger partial charge in [0, 0.05) is 12.7 Å². The number of hydrogen-bond acceptors (Lipinski definition) is 3. The number of nitrogens with zero attached hydrogens (tertiary/aromatic N) is 1. The molecule has 0 amide bonds. The van der Waals surface area contributed by atoms with Crippen LogP contribution in [0.2, 0.25) is 0 Å². The van der Waals surface area contributed by atoms with E-state index in [-0.39, 0.29) is 0 Å². The maximum absolute atomic E-state index is 5.16. The molecule has 1 N–H and O–H groups in total. The molecule has 0 atom stereocenters. The van der Waals surface area contributed by atoms with Crippen LogP contribution in [-0.2, 0) is 6.54 Å². The van der Waals surface area contributed by atoms with Crippen LogP contribution in [-0.4, -0.2) is 12.1 Å². The Hall–Kier alpha value is -2.03. The van der Waals surface area contributed by atoms with Crippen molar-refractivity contribution in [1.82, 2.24) is 4.98 Å². The summed E-state index contributed by atoms with van der Waals surface area (Å²) in [5, 5.41) is 3.25. The van der Waals surface area contributed by atoms with Crippen molar-refractivity contribution >= 4 is 5.82 Å². The zero-order valence-corrected chi connectivity index (χ0v) is 9.18. The number of pyridine rings is 1. The summed E-state index contributed by atoms with van der Waals surface area (Å²) in [6.45, 7) is 0.744. The van der Waals surface area contributed by atoms with Crippen LogP contribution in [0.5, 0.6) is 5.75 Å². The number of hydrogen-bond donors (Lipinski definition) is 1. The molecule has 1 heterocycles. The van der Waals surface area contributed by atoms with Gasteiger partial charge < -0.3 is 10.1 Å². The molecule has 0 unspecified atom stereocenters. The molecule has 0 saturated carbocycles. The highest BCUT2D eigenvalue weighted by atomic mass is 16.5. The lowest BCUT2D eigenvalue weighted by Gasteiger charge is -2.06. The van der Waals surface area contributed by atoms with Crippen molar-refractivity contribution in [3.8, 4) is 5.75 Å². The average molecular weight is 214 g/mol. The van der Waals surface area contributed by atoms with Crippen LogP contribution in [0.25, 0.3) is 0 Å². The maximum Gasteiger partial charge on any atom is 0.126 e. The van der Waals surface area contributed by atoms with Crippen LogP contribution >= 0.6 is 0 Å². The van der Waals surface area contributed by atoms with Crippen molar-refractivity contribution in [3.63, 3.8) is 0 Å². The quantitative estimate of drug-likeness (QED) is 0.849. The zero-order chi connectivity index (χ0) is 11.2. The third-order valence-corrected chi connectivity index (χ3v) is 2.27. The predicted molar refractivity (Wildman–Crippen MR) is 64.6 cm³/mol. The lowest BCUT2D eigenvalue weighted by atomic mass is 10.2. The summed E-state index contributed by atoms with van der Waals surface area (Å²) in [6, 6.07) is 13.8. The highest BCUT2D eigenvalue weighted by Crippen LogP contribution is 2.13. The molecular weight excluding hydrogens is 200 g/mol. The monoisotopic (exact) mass is 214 g/mol. The van der Waals surface area contributed by atoms with Gasteiger partial charge >= 0.3 is 0 Å². The molecule has 0 aliphatic heterocycles. The van der Waals surface area contributed by atoms with Gasteiger partial charge in [0.2, 0.25) is 0 Å². The molecule has 0 aliphatic rings. The van der Waals surface area contributed by atoms with E-state index in [0.717, 1.165) is 18.1 Å². The first kappa shape index (κ1) is 10.5. The minimum Gasteiger partial charge on any atom is -0.497 e. The fourth-order valence-electron chi connectivity index (χ4n) is 1.44. The van der Waals surface area contributed by atoms with Gasteiger partial charge in [-0.05, 0) is 29.8 Å². The van der Waals surface area contributed by atoms with E-state index in [1.807, 2.05) is 36.4 Å². The Balaban J connectivity index is 1.99. The number of nitrogens with one attached hydrogen (secondary N) is 1. The third-order valence-electron chi connectivity index (χ3n) is 2.27. The average Bonchev–Trinajstić information content (AvgIpc) is 2.38. The van der Waals surface area contributed by atoms with Gasteiger partial charge in [-0.1, -0.05) is 18.2 Å². The summed E-state index contributed by atoms with van der Waals surface area (Å²) in [6.07, 6.45) is 1.77. The van der Waals surface area contributed by atoms with Crippen LogP contribution < -0.4 is 10.1 Å². The standard InChI is InChI=1S/C13H14N2O/c1-16-12-6-4-5-11(9-12)10-15-13-7-2-3-8-14-13/h2-9H,10H2,1H3,(H,14,15). The van der Waals surface area contributed by atoms with Crippen molar-refractivity contribution in [3.05, 3.63) is 54.2 Å². The molecule has 1 aromatic carbocycles. The smallest absolute Gasteiger partial charge is 0.126 e. The SMILES string of the molecule is COc1cccc(CNc2ccccn2)c1. The van der Waals surface area contributed by atoms with Gasteiger partial charge in [-0.25, -0.2) is 4.98 Å². The lowest BCUT2D eigenvalue weighted by molar-refractivity contribution is 0.414. The number of aromatic nitrogens is 1. The van der Waals surface area contributed by atoms with E-state index in [9.17, 15) is 0 Å². The first-order chi connectivity index (χ1) is 7.88. The Morgan fingerprint density at radius 3 is 2.88 bits per heavy atom. The molecule has 82 valence electrons. The molecule has 0 radical (unpaired) electrons. The second kappa shape index (κ2) is 5.16. The summed E-state index contributed by atoms with van der Waals surface area (Å²) in [5.74, 6) is 1.76. The van der Waals surface area contributed by atoms with Gasteiger partial charge in [-0.2, -0.15) is 0 Å². The van der Waals surface area contributed by atoms with Crippen LogP contribution in [0.15, 0.2) is 48.7 Å². The molecule has 0 spiro atoms. The van der Waals surface area contributed by atoms with Gasteiger partial charge in [0.15, 0.2) is 0 Å². The minimum atomic E-state index is 0.744. The molecule has 2 aromatic rings. The van der Waals surface area contributed by atoms with Gasteiger partial charge in [-0.15, -0.1) is 0 Å². The van der Waals surface area contributed by atoms with Crippen molar-refractivity contribution in [2.45, 2.75) is 6.54 Å². The van der Waals surface area contributed by atoms with Crippen LogP contribution in [0.1, 0.15) is 5.56 Å². The third kappa shape index (κ3) is 2.73. The summed E-state index contributed by atoms with van der Waals surface area (Å²) in [7, 11) is 1.67. The highest BCUT2D eigenvalue weighted by molar-refractivity contribution is 5.36. The summed E-state index contributed by atoms with van der Waals surface area (Å²) in [4.78, 5) is 4.19. The van der Waals surface area contributed by atoms with Gasteiger partial charge in [0.25, 0.3) is 0 Å². The van der Waals surface area contributed by atoms with Gasteiger partial charge in [0.05, 0.1) is 7.11 Å². The second-order valence-corrected chi connectivity index (χ2v) is 3.42. The number of benzene rings is 1. The van der Waals surface area contributed by atoms with Crippen molar-refractivity contribution in [2.24, 2.45) is 0 Å². The van der Waals surface area contributed by atoms with E-state index in [1.54, 1.807) is 13.3 Å². The van der Waals surface area contributed by atoms with E-state index in [0.29, 0.717) is 0 Å². The fourth-order valence-corrected chi connectivity index (χ4v) is 1.44. The first-order valence-electron chi connectivity index (χ1n) is 5.16. The molecule has 0 bridgehead atoms. The van der Waals surface area contributed by atoms with Gasteiger partial charge in [0.1, 0.15) is 11.6 Å². The number of rotatable bonds is 4. The zero-order valence-electron chi connectivity index (χ0n) is 9.18. The van der Waals surface area contributed by atoms with Crippen LogP contribution in [0.3, 0.4) is 0 Å². The van der Waals surface area contributed by atoms with Crippen LogP contribution in [0, 0.1) is 0 Å². The molecule has 3 nitrogen and oxygen atoms in total. The van der Waals surface area contributed by atoms with E-state index >= 15 is 0 Å². The number of anilines is 1. The summed E-state index contributed by atoms with van der Waals surface area (Å²) >= 11 is 0. The van der Waals surface area contributed by atoms with E-state index in [2.05, 4.69) is 16.4 Å². The normalized spacial score (nSPS) is 9.81. The summed E-state index contributed by atoms with van der Waals surface area (Å²) in [5.41, 5.74) is 1.17. The molecular formula is C13H14N2O. The Morgan fingerprint density at radius 1 is 1.19 bits per heavy atom. The molecule has 16 heavy (non-hydrogen) atoms. The molecule has 0 saturated heterocycles. The minimum absolute atomic E-state index is 0.744. The van der Waals surface area contributed by atoms with E-state index < -0.39 is 0 Å². The largest absolute Gasteiger partial charge is 0.497 e. The maximum atomic E-state index is 5.16. The Bertz CT molecular complexity index is 443. The number of ether oxygens (including phenoxy) is 1. The molecule has 1 aromatic heterocycles. The van der Waals surface area contributed by atoms with Gasteiger partial charge in [-0.3, -0.25) is 0 Å². The first-order valence-corrected chi connectivity index (χ1v) is 5.16. The van der Waals surface area contributed by atoms with Crippen molar-refractivity contribution in [2.75, 3.05) is 12.4 Å². The Morgan fingerprint density at radius 2 is 2.12 bits per heavy atom. The highest BCUT2D eigenvalue weighted by Gasteiger charge is 1.96. The van der Waals surface area contributed by atoms with Crippen molar-refractivity contribution in [1.29, 1.82) is 0 Å². The Labute approximate surface area is 95.1 Å². The summed E-state index contributed by atoms with van der Waals surface area (Å²) < 4.78 is 5.16. The number of methoxy groups -OCH3 is 1. The van der Waals surface area contributed by atoms with E-state index in [4.69, 9.17) is 4.74 Å². The molecule has 2 rings (SSSR count). The van der Waals surface area contributed by atoms with Crippen LogP contribution in [0.4, 0.5) is 5.82 Å². The van der Waals surface area contributed by atoms with E-state index in [1.165, 1.54) is 5.56 Å². The molecule has 0 fully saturated rings. The topological polar surface area (TPSA) is 34.1 Å².